The second kappa shape index (κ2) is 3.44. The van der Waals surface area contributed by atoms with Gasteiger partial charge in [0.1, 0.15) is 11.6 Å². The molecule has 0 spiro atoms. The molecular weight excluding hydrogens is 176 g/mol. The summed E-state index contributed by atoms with van der Waals surface area (Å²) in [6, 6.07) is 0. The van der Waals surface area contributed by atoms with Gasteiger partial charge in [0.25, 0.3) is 0 Å². The second-order valence-corrected chi connectivity index (χ2v) is 4.03. The summed E-state index contributed by atoms with van der Waals surface area (Å²) < 4.78 is 0. The van der Waals surface area contributed by atoms with Crippen LogP contribution in [0.5, 0.6) is 0 Å². The van der Waals surface area contributed by atoms with Gasteiger partial charge in [-0.1, -0.05) is 6.92 Å². The third-order valence-corrected chi connectivity index (χ3v) is 3.02. The summed E-state index contributed by atoms with van der Waals surface area (Å²) in [5.74, 6) is 1.28. The molecule has 0 aliphatic heterocycles. The Morgan fingerprint density at radius 1 is 1.43 bits per heavy atom. The van der Waals surface area contributed by atoms with Crippen LogP contribution in [0.1, 0.15) is 26.2 Å². The van der Waals surface area contributed by atoms with Crippen LogP contribution in [0.3, 0.4) is 0 Å². The monoisotopic (exact) mass is 192 g/mol. The van der Waals surface area contributed by atoms with Crippen LogP contribution in [0.2, 0.25) is 0 Å². The molecule has 2 rings (SSSR count). The predicted molar refractivity (Wildman–Crippen MR) is 56.9 cm³/mol. The van der Waals surface area contributed by atoms with Crippen LogP contribution in [-0.4, -0.2) is 16.5 Å². The lowest BCUT2D eigenvalue weighted by Crippen LogP contribution is -2.15. The van der Waals surface area contributed by atoms with E-state index in [9.17, 15) is 0 Å². The lowest BCUT2D eigenvalue weighted by molar-refractivity contribution is 0.520. The van der Waals surface area contributed by atoms with Crippen molar-refractivity contribution in [2.24, 2.45) is 5.41 Å². The third-order valence-electron chi connectivity index (χ3n) is 3.02. The molecule has 0 radical (unpaired) electrons. The minimum Gasteiger partial charge on any atom is -0.382 e. The fourth-order valence-corrected chi connectivity index (χ4v) is 1.54. The summed E-state index contributed by atoms with van der Waals surface area (Å²) >= 11 is 0. The zero-order valence-corrected chi connectivity index (χ0v) is 8.45. The molecule has 1 aliphatic carbocycles. The van der Waals surface area contributed by atoms with Crippen molar-refractivity contribution < 1.29 is 0 Å². The van der Waals surface area contributed by atoms with Gasteiger partial charge in [0, 0.05) is 6.54 Å². The molecule has 3 N–H and O–H groups in total. The predicted octanol–water partition coefficient (Wildman–Crippen LogP) is 1.66. The second-order valence-electron chi connectivity index (χ2n) is 4.03. The van der Waals surface area contributed by atoms with Gasteiger partial charge in [-0.15, -0.1) is 0 Å². The standard InChI is InChI=1S/C10H16N4/c1-2-10(3-4-10)7-14-9-6-12-8(11)5-13-9/h5-6H,2-4,7H2,1H3,(H2,11,12)(H,13,14). The molecule has 1 saturated carbocycles. The number of nitrogens with zero attached hydrogens (tertiary/aromatic N) is 2. The van der Waals surface area contributed by atoms with Crippen molar-refractivity contribution >= 4 is 11.6 Å². The van der Waals surface area contributed by atoms with E-state index < -0.39 is 0 Å². The number of nitrogen functional groups attached to an aromatic ring is 1. The van der Waals surface area contributed by atoms with Crippen molar-refractivity contribution in [3.8, 4) is 0 Å². The van der Waals surface area contributed by atoms with Gasteiger partial charge in [-0.25, -0.2) is 9.97 Å². The maximum absolute atomic E-state index is 5.45. The summed E-state index contributed by atoms with van der Waals surface area (Å²) in [6.07, 6.45) is 7.16. The molecule has 0 atom stereocenters. The van der Waals surface area contributed by atoms with E-state index in [1.165, 1.54) is 19.3 Å². The Kier molecular flexibility index (Phi) is 2.27. The average molecular weight is 192 g/mol. The highest BCUT2D eigenvalue weighted by molar-refractivity contribution is 5.36. The van der Waals surface area contributed by atoms with E-state index in [0.717, 1.165) is 12.4 Å². The van der Waals surface area contributed by atoms with Gasteiger partial charge in [0.15, 0.2) is 0 Å². The Balaban J connectivity index is 1.89. The van der Waals surface area contributed by atoms with Crippen molar-refractivity contribution in [3.05, 3.63) is 12.4 Å². The molecule has 0 saturated heterocycles. The van der Waals surface area contributed by atoms with Gasteiger partial charge in [-0.3, -0.25) is 0 Å². The number of nitrogens with two attached hydrogens (primary N) is 1. The van der Waals surface area contributed by atoms with Gasteiger partial charge in [-0.2, -0.15) is 0 Å². The van der Waals surface area contributed by atoms with Gasteiger partial charge in [-0.05, 0) is 24.7 Å². The SMILES string of the molecule is CCC1(CNc2cnc(N)cn2)CC1. The van der Waals surface area contributed by atoms with E-state index in [4.69, 9.17) is 5.73 Å². The summed E-state index contributed by atoms with van der Waals surface area (Å²) in [7, 11) is 0. The Hall–Kier alpha value is -1.32. The van der Waals surface area contributed by atoms with Crippen LogP contribution in [0.25, 0.3) is 0 Å². The first kappa shape index (κ1) is 9.24. The molecule has 14 heavy (non-hydrogen) atoms. The lowest BCUT2D eigenvalue weighted by Gasteiger charge is -2.13. The van der Waals surface area contributed by atoms with Crippen LogP contribution in [0, 0.1) is 5.41 Å². The normalized spacial score (nSPS) is 17.8. The van der Waals surface area contributed by atoms with Gasteiger partial charge in [0.05, 0.1) is 12.4 Å². The van der Waals surface area contributed by atoms with Crippen LogP contribution in [-0.2, 0) is 0 Å². The minimum absolute atomic E-state index is 0.465. The largest absolute Gasteiger partial charge is 0.382 e. The number of anilines is 2. The zero-order valence-electron chi connectivity index (χ0n) is 8.45. The summed E-state index contributed by atoms with van der Waals surface area (Å²) in [4.78, 5) is 8.12. The zero-order chi connectivity index (χ0) is 10.0. The van der Waals surface area contributed by atoms with Crippen LogP contribution in [0.4, 0.5) is 11.6 Å². The average Bonchev–Trinajstić information content (AvgIpc) is 2.98. The van der Waals surface area contributed by atoms with Crippen LogP contribution in [0.15, 0.2) is 12.4 Å². The first-order chi connectivity index (χ1) is 6.74. The molecule has 1 aliphatic rings. The number of nitrogens with one attached hydrogen (secondary N) is 1. The molecule has 4 nitrogen and oxygen atoms in total. The highest BCUT2D eigenvalue weighted by Crippen LogP contribution is 2.48. The smallest absolute Gasteiger partial charge is 0.144 e. The Labute approximate surface area is 83.9 Å². The quantitative estimate of drug-likeness (QED) is 0.761. The van der Waals surface area contributed by atoms with E-state index in [-0.39, 0.29) is 0 Å². The lowest BCUT2D eigenvalue weighted by atomic mass is 10.0. The molecule has 0 amide bonds. The van der Waals surface area contributed by atoms with E-state index in [0.29, 0.717) is 11.2 Å². The van der Waals surface area contributed by atoms with E-state index in [1.807, 2.05) is 0 Å². The topological polar surface area (TPSA) is 63.8 Å². The number of hydrogen-bond donors (Lipinski definition) is 2. The summed E-state index contributed by atoms with van der Waals surface area (Å²) in [5.41, 5.74) is 5.98. The number of hydrogen-bond acceptors (Lipinski definition) is 4. The van der Waals surface area contributed by atoms with Gasteiger partial charge < -0.3 is 11.1 Å². The maximum Gasteiger partial charge on any atom is 0.144 e. The van der Waals surface area contributed by atoms with Gasteiger partial charge >= 0.3 is 0 Å². The molecule has 4 heteroatoms. The van der Waals surface area contributed by atoms with Crippen LogP contribution >= 0.6 is 0 Å². The van der Waals surface area contributed by atoms with Crippen molar-refractivity contribution in [2.75, 3.05) is 17.6 Å². The van der Waals surface area contributed by atoms with Gasteiger partial charge in [0.2, 0.25) is 0 Å². The molecule has 0 bridgehead atoms. The first-order valence-electron chi connectivity index (χ1n) is 5.05. The van der Waals surface area contributed by atoms with E-state index >= 15 is 0 Å². The third kappa shape index (κ3) is 1.95. The molecular formula is C10H16N4. The van der Waals surface area contributed by atoms with Crippen molar-refractivity contribution in [1.29, 1.82) is 0 Å². The molecule has 1 fully saturated rings. The molecule has 0 unspecified atom stereocenters. The molecule has 76 valence electrons. The van der Waals surface area contributed by atoms with Crippen molar-refractivity contribution in [2.45, 2.75) is 26.2 Å². The molecule has 1 aromatic rings. The Morgan fingerprint density at radius 3 is 2.71 bits per heavy atom. The number of rotatable bonds is 4. The highest BCUT2D eigenvalue weighted by Gasteiger charge is 2.40. The number of aromatic nitrogens is 2. The summed E-state index contributed by atoms with van der Waals surface area (Å²) in [5, 5.41) is 3.30. The molecule has 1 heterocycles. The fraction of sp³-hybridized carbons (Fsp3) is 0.600. The van der Waals surface area contributed by atoms with Crippen molar-refractivity contribution in [1.82, 2.24) is 9.97 Å². The van der Waals surface area contributed by atoms with E-state index in [2.05, 4.69) is 22.2 Å². The summed E-state index contributed by atoms with van der Waals surface area (Å²) in [6.45, 7) is 3.24. The Morgan fingerprint density at radius 2 is 2.21 bits per heavy atom. The molecule has 0 aromatic carbocycles. The van der Waals surface area contributed by atoms with Crippen molar-refractivity contribution in [3.63, 3.8) is 0 Å². The highest BCUT2D eigenvalue weighted by atomic mass is 15.0. The van der Waals surface area contributed by atoms with E-state index in [1.54, 1.807) is 12.4 Å². The van der Waals surface area contributed by atoms with Crippen LogP contribution < -0.4 is 11.1 Å². The first-order valence-corrected chi connectivity index (χ1v) is 5.05. The molecule has 1 aromatic heterocycles. The minimum atomic E-state index is 0.465. The Bertz CT molecular complexity index is 302. The maximum atomic E-state index is 5.45. The fourth-order valence-electron chi connectivity index (χ4n) is 1.54.